The number of fused-ring (bicyclic) bond motifs is 1. The van der Waals surface area contributed by atoms with Crippen molar-refractivity contribution in [2.45, 2.75) is 6.92 Å². The van der Waals surface area contributed by atoms with Crippen molar-refractivity contribution >= 4 is 22.5 Å². The third kappa shape index (κ3) is 1.92. The SMILES string of the molecule is CC(CN)C(=O)Nc1cccc2[nH]ccc12. The van der Waals surface area contributed by atoms with Crippen LogP contribution in [0.4, 0.5) is 5.69 Å². The Morgan fingerprint density at radius 1 is 1.50 bits per heavy atom. The normalized spacial score (nSPS) is 12.6. The predicted octanol–water partition coefficient (Wildman–Crippen LogP) is 1.70. The van der Waals surface area contributed by atoms with E-state index in [1.807, 2.05) is 37.4 Å². The Bertz CT molecular complexity index is 504. The van der Waals surface area contributed by atoms with Crippen LogP contribution in [0.2, 0.25) is 0 Å². The lowest BCUT2D eigenvalue weighted by atomic mass is 10.1. The molecule has 0 spiro atoms. The maximum Gasteiger partial charge on any atom is 0.228 e. The Labute approximate surface area is 93.8 Å². The number of aromatic amines is 1. The van der Waals surface area contributed by atoms with Crippen LogP contribution in [0.15, 0.2) is 30.5 Å². The third-order valence-electron chi connectivity index (χ3n) is 2.65. The van der Waals surface area contributed by atoms with Gasteiger partial charge in [0.15, 0.2) is 0 Å². The maximum atomic E-state index is 11.7. The molecule has 1 atom stereocenters. The molecule has 0 saturated carbocycles. The predicted molar refractivity (Wildman–Crippen MR) is 65.1 cm³/mol. The highest BCUT2D eigenvalue weighted by atomic mass is 16.1. The molecule has 1 unspecified atom stereocenters. The number of nitrogens with two attached hydrogens (primary N) is 1. The first-order chi connectivity index (χ1) is 7.72. The van der Waals surface area contributed by atoms with E-state index >= 15 is 0 Å². The third-order valence-corrected chi connectivity index (χ3v) is 2.65. The zero-order valence-corrected chi connectivity index (χ0v) is 9.16. The van der Waals surface area contributed by atoms with E-state index in [1.165, 1.54) is 0 Å². The largest absolute Gasteiger partial charge is 0.361 e. The van der Waals surface area contributed by atoms with Crippen LogP contribution in [0.1, 0.15) is 6.92 Å². The van der Waals surface area contributed by atoms with Gasteiger partial charge in [-0.2, -0.15) is 0 Å². The van der Waals surface area contributed by atoms with Gasteiger partial charge >= 0.3 is 0 Å². The van der Waals surface area contributed by atoms with Crippen LogP contribution in [0.25, 0.3) is 10.9 Å². The Kier molecular flexibility index (Phi) is 2.92. The lowest BCUT2D eigenvalue weighted by molar-refractivity contribution is -0.119. The van der Waals surface area contributed by atoms with E-state index in [0.717, 1.165) is 16.6 Å². The number of H-pyrrole nitrogens is 1. The average Bonchev–Trinajstić information content (AvgIpc) is 2.77. The Morgan fingerprint density at radius 3 is 3.06 bits per heavy atom. The van der Waals surface area contributed by atoms with Crippen molar-refractivity contribution in [1.82, 2.24) is 4.98 Å². The first-order valence-electron chi connectivity index (χ1n) is 5.29. The minimum atomic E-state index is -0.172. The lowest BCUT2D eigenvalue weighted by Crippen LogP contribution is -2.26. The lowest BCUT2D eigenvalue weighted by Gasteiger charge is -2.10. The van der Waals surface area contributed by atoms with Crippen LogP contribution < -0.4 is 11.1 Å². The van der Waals surface area contributed by atoms with E-state index in [1.54, 1.807) is 0 Å². The molecule has 4 heteroatoms. The Morgan fingerprint density at radius 2 is 2.31 bits per heavy atom. The number of rotatable bonds is 3. The fraction of sp³-hybridized carbons (Fsp3) is 0.250. The number of hydrogen-bond acceptors (Lipinski definition) is 2. The second-order valence-electron chi connectivity index (χ2n) is 3.87. The number of amides is 1. The minimum absolute atomic E-state index is 0.0452. The monoisotopic (exact) mass is 217 g/mol. The number of carbonyl (C=O) groups excluding carboxylic acids is 1. The molecule has 2 rings (SSSR count). The van der Waals surface area contributed by atoms with E-state index in [4.69, 9.17) is 5.73 Å². The highest BCUT2D eigenvalue weighted by Crippen LogP contribution is 2.22. The Balaban J connectivity index is 2.27. The molecule has 0 bridgehead atoms. The zero-order valence-electron chi connectivity index (χ0n) is 9.16. The molecule has 1 amide bonds. The van der Waals surface area contributed by atoms with E-state index in [2.05, 4.69) is 10.3 Å². The summed E-state index contributed by atoms with van der Waals surface area (Å²) < 4.78 is 0. The molecule has 4 N–H and O–H groups in total. The number of benzene rings is 1. The molecular formula is C12H15N3O. The number of hydrogen-bond donors (Lipinski definition) is 3. The van der Waals surface area contributed by atoms with Gasteiger partial charge in [-0.15, -0.1) is 0 Å². The van der Waals surface area contributed by atoms with Gasteiger partial charge in [0, 0.05) is 29.6 Å². The fourth-order valence-corrected chi connectivity index (χ4v) is 1.56. The van der Waals surface area contributed by atoms with Gasteiger partial charge < -0.3 is 16.0 Å². The van der Waals surface area contributed by atoms with Gasteiger partial charge in [0.25, 0.3) is 0 Å². The summed E-state index contributed by atoms with van der Waals surface area (Å²) >= 11 is 0. The van der Waals surface area contributed by atoms with Gasteiger partial charge in [0.05, 0.1) is 5.69 Å². The van der Waals surface area contributed by atoms with Crippen LogP contribution in [-0.2, 0) is 4.79 Å². The highest BCUT2D eigenvalue weighted by Gasteiger charge is 2.12. The zero-order chi connectivity index (χ0) is 11.5. The standard InChI is InChI=1S/C12H15N3O/c1-8(7-13)12(16)15-11-4-2-3-10-9(11)5-6-14-10/h2-6,8,14H,7,13H2,1H3,(H,15,16). The van der Waals surface area contributed by atoms with E-state index < -0.39 is 0 Å². The molecule has 0 aliphatic carbocycles. The van der Waals surface area contributed by atoms with Gasteiger partial charge in [0.2, 0.25) is 5.91 Å². The molecule has 0 aliphatic rings. The summed E-state index contributed by atoms with van der Waals surface area (Å²) in [7, 11) is 0. The molecule has 4 nitrogen and oxygen atoms in total. The van der Waals surface area contributed by atoms with Crippen LogP contribution in [0.5, 0.6) is 0 Å². The van der Waals surface area contributed by atoms with Gasteiger partial charge in [-0.05, 0) is 18.2 Å². The number of nitrogens with one attached hydrogen (secondary N) is 2. The molecular weight excluding hydrogens is 202 g/mol. The molecule has 1 aromatic carbocycles. The number of aromatic nitrogens is 1. The molecule has 16 heavy (non-hydrogen) atoms. The molecule has 0 aliphatic heterocycles. The summed E-state index contributed by atoms with van der Waals surface area (Å²) in [5.41, 5.74) is 7.29. The van der Waals surface area contributed by atoms with Gasteiger partial charge in [-0.1, -0.05) is 13.0 Å². The minimum Gasteiger partial charge on any atom is -0.361 e. The van der Waals surface area contributed by atoms with E-state index in [-0.39, 0.29) is 11.8 Å². The number of anilines is 1. The van der Waals surface area contributed by atoms with Crippen LogP contribution in [-0.4, -0.2) is 17.4 Å². The summed E-state index contributed by atoms with van der Waals surface area (Å²) in [5, 5.41) is 3.90. The average molecular weight is 217 g/mol. The van der Waals surface area contributed by atoms with Crippen LogP contribution in [0.3, 0.4) is 0 Å². The highest BCUT2D eigenvalue weighted by molar-refractivity contribution is 6.01. The summed E-state index contributed by atoms with van der Waals surface area (Å²) in [6.07, 6.45) is 1.85. The molecule has 1 aromatic heterocycles. The molecule has 0 fully saturated rings. The first-order valence-corrected chi connectivity index (χ1v) is 5.29. The summed E-state index contributed by atoms with van der Waals surface area (Å²) in [5.74, 6) is -0.217. The van der Waals surface area contributed by atoms with Crippen molar-refractivity contribution in [1.29, 1.82) is 0 Å². The van der Waals surface area contributed by atoms with Gasteiger partial charge in [-0.3, -0.25) is 4.79 Å². The van der Waals surface area contributed by atoms with Crippen molar-refractivity contribution in [3.63, 3.8) is 0 Å². The molecule has 0 saturated heterocycles. The molecule has 0 radical (unpaired) electrons. The van der Waals surface area contributed by atoms with Gasteiger partial charge in [0.1, 0.15) is 0 Å². The molecule has 2 aromatic rings. The Hall–Kier alpha value is -1.81. The summed E-state index contributed by atoms with van der Waals surface area (Å²) in [6.45, 7) is 2.17. The van der Waals surface area contributed by atoms with Crippen molar-refractivity contribution in [2.75, 3.05) is 11.9 Å². The van der Waals surface area contributed by atoms with Crippen molar-refractivity contribution < 1.29 is 4.79 Å². The second-order valence-corrected chi connectivity index (χ2v) is 3.87. The summed E-state index contributed by atoms with van der Waals surface area (Å²) in [6, 6.07) is 7.70. The molecule has 84 valence electrons. The van der Waals surface area contributed by atoms with Crippen molar-refractivity contribution in [3.05, 3.63) is 30.5 Å². The smallest absolute Gasteiger partial charge is 0.228 e. The first kappa shape index (κ1) is 10.7. The van der Waals surface area contributed by atoms with Crippen molar-refractivity contribution in [3.8, 4) is 0 Å². The van der Waals surface area contributed by atoms with Crippen LogP contribution in [0, 0.1) is 5.92 Å². The van der Waals surface area contributed by atoms with Crippen LogP contribution >= 0.6 is 0 Å². The fourth-order valence-electron chi connectivity index (χ4n) is 1.56. The quantitative estimate of drug-likeness (QED) is 0.732. The number of carbonyl (C=O) groups is 1. The van der Waals surface area contributed by atoms with E-state index in [0.29, 0.717) is 6.54 Å². The maximum absolute atomic E-state index is 11.7. The van der Waals surface area contributed by atoms with Crippen molar-refractivity contribution in [2.24, 2.45) is 11.7 Å². The second kappa shape index (κ2) is 4.37. The topological polar surface area (TPSA) is 70.9 Å². The van der Waals surface area contributed by atoms with E-state index in [9.17, 15) is 4.79 Å². The van der Waals surface area contributed by atoms with Gasteiger partial charge in [-0.25, -0.2) is 0 Å². The molecule has 1 heterocycles. The summed E-state index contributed by atoms with van der Waals surface area (Å²) in [4.78, 5) is 14.8.